The van der Waals surface area contributed by atoms with Crippen LogP contribution in [-0.2, 0) is 4.79 Å². The minimum atomic E-state index is -1.35. The van der Waals surface area contributed by atoms with E-state index in [1.54, 1.807) is 13.8 Å². The Morgan fingerprint density at radius 3 is 1.98 bits per heavy atom. The number of fused-ring (bicyclic) bond motifs is 1. The van der Waals surface area contributed by atoms with Crippen LogP contribution in [0.15, 0.2) is 58.7 Å². The van der Waals surface area contributed by atoms with Gasteiger partial charge in [0, 0.05) is 16.9 Å². The zero-order chi connectivity index (χ0) is 31.9. The minimum Gasteiger partial charge on any atom is -0.382 e. The summed E-state index contributed by atoms with van der Waals surface area (Å²) >= 11 is 0. The topological polar surface area (TPSA) is 37.3 Å². The molecule has 2 nitrogen and oxygen atoms in total. The van der Waals surface area contributed by atoms with Gasteiger partial charge in [-0.1, -0.05) is 143 Å². The molecule has 0 heterocycles. The van der Waals surface area contributed by atoms with Crippen LogP contribution in [0, 0.1) is 11.3 Å². The van der Waals surface area contributed by atoms with Crippen LogP contribution < -0.4 is 0 Å². The van der Waals surface area contributed by atoms with Crippen molar-refractivity contribution in [2.75, 3.05) is 0 Å². The van der Waals surface area contributed by atoms with Gasteiger partial charge in [-0.05, 0) is 70.9 Å². The van der Waals surface area contributed by atoms with E-state index in [1.807, 2.05) is 55.4 Å². The first-order chi connectivity index (χ1) is 19.1. The standard InChI is InChI=1S/C30H46O2.4C2H6/c1-8-10-12-20-30(19-11-9-2)23(5)25(17-13-15-22(3)4)26-18-14-16-24(21-27(26)30)28(31)29(6,7)32;4*1-2/h15-17,21,26,32H,5,8-14,18-20H2,1-4,6-7H3;4*1-2H3. The first-order valence-corrected chi connectivity index (χ1v) is 16.8. The minimum absolute atomic E-state index is 0.0596. The number of hydrogen-bond donors (Lipinski definition) is 1. The van der Waals surface area contributed by atoms with Crippen LogP contribution >= 0.6 is 0 Å². The molecule has 0 radical (unpaired) electrons. The van der Waals surface area contributed by atoms with Crippen LogP contribution in [-0.4, -0.2) is 16.5 Å². The Kier molecular flexibility index (Phi) is 25.7. The lowest BCUT2D eigenvalue weighted by atomic mass is 9.70. The van der Waals surface area contributed by atoms with Crippen molar-refractivity contribution in [1.29, 1.82) is 0 Å². The van der Waals surface area contributed by atoms with E-state index in [1.165, 1.54) is 41.6 Å². The predicted molar refractivity (Wildman–Crippen MR) is 183 cm³/mol. The molecule has 0 aliphatic heterocycles. The van der Waals surface area contributed by atoms with E-state index in [0.29, 0.717) is 11.5 Å². The SMILES string of the molecule is C=C1C(=CCC=C(C)C)C2CCC=C(C(=O)C(C)(C)O)C=C2C1(CCCC)CCCCC.CC.CC.CC.CC. The molecule has 2 heteroatoms. The first-order valence-electron chi connectivity index (χ1n) is 16.8. The highest BCUT2D eigenvalue weighted by Crippen LogP contribution is 2.60. The number of rotatable bonds is 11. The molecule has 0 amide bonds. The zero-order valence-corrected chi connectivity index (χ0v) is 29.5. The molecule has 0 aromatic heterocycles. The Bertz CT molecular complexity index is 809. The summed E-state index contributed by atoms with van der Waals surface area (Å²) in [5, 5.41) is 10.4. The van der Waals surface area contributed by atoms with Gasteiger partial charge in [-0.15, -0.1) is 0 Å². The van der Waals surface area contributed by atoms with Crippen molar-refractivity contribution in [3.63, 3.8) is 0 Å². The highest BCUT2D eigenvalue weighted by Gasteiger charge is 2.48. The van der Waals surface area contributed by atoms with E-state index in [4.69, 9.17) is 6.58 Å². The molecule has 2 aliphatic rings. The second kappa shape index (κ2) is 24.0. The number of Topliss-reactive ketones (excluding diaryl/α,β-unsaturated/α-hetero) is 1. The summed E-state index contributed by atoms with van der Waals surface area (Å²) in [5.74, 6) is 0.158. The molecule has 2 aliphatic carbocycles. The lowest BCUT2D eigenvalue weighted by molar-refractivity contribution is -0.129. The summed E-state index contributed by atoms with van der Waals surface area (Å²) in [6.45, 7) is 32.7. The normalized spacial score (nSPS) is 20.3. The lowest BCUT2D eigenvalue weighted by Crippen LogP contribution is -2.32. The molecule has 0 aromatic carbocycles. The summed E-state index contributed by atoms with van der Waals surface area (Å²) in [4.78, 5) is 13.0. The van der Waals surface area contributed by atoms with Gasteiger partial charge in [0.25, 0.3) is 0 Å². The Hall–Kier alpha value is -1.67. The number of hydrogen-bond acceptors (Lipinski definition) is 2. The third kappa shape index (κ3) is 12.9. The third-order valence-electron chi connectivity index (χ3n) is 7.21. The number of aliphatic hydroxyl groups is 1. The van der Waals surface area contributed by atoms with Gasteiger partial charge in [-0.25, -0.2) is 0 Å². The van der Waals surface area contributed by atoms with Gasteiger partial charge in [0.1, 0.15) is 5.60 Å². The van der Waals surface area contributed by atoms with Crippen molar-refractivity contribution < 1.29 is 9.90 Å². The van der Waals surface area contributed by atoms with Gasteiger partial charge in [0.15, 0.2) is 5.78 Å². The predicted octanol–water partition coefficient (Wildman–Crippen LogP) is 12.3. The Morgan fingerprint density at radius 2 is 1.50 bits per heavy atom. The smallest absolute Gasteiger partial charge is 0.193 e. The number of ketones is 1. The Balaban J connectivity index is -0.00000157. The van der Waals surface area contributed by atoms with E-state index < -0.39 is 5.60 Å². The molecular formula is C38H70O2. The maximum absolute atomic E-state index is 13.0. The van der Waals surface area contributed by atoms with Crippen molar-refractivity contribution in [2.24, 2.45) is 11.3 Å². The van der Waals surface area contributed by atoms with E-state index in [9.17, 15) is 9.90 Å². The van der Waals surface area contributed by atoms with E-state index in [0.717, 1.165) is 44.9 Å². The molecule has 0 spiro atoms. The first kappa shape index (κ1) is 42.8. The molecule has 234 valence electrons. The summed E-state index contributed by atoms with van der Waals surface area (Å²) in [6, 6.07) is 0. The number of carbonyl (C=O) groups excluding carboxylic acids is 1. The Labute approximate surface area is 252 Å². The highest BCUT2D eigenvalue weighted by molar-refractivity contribution is 6.03. The van der Waals surface area contributed by atoms with Crippen molar-refractivity contribution >= 4 is 5.78 Å². The molecule has 0 saturated heterocycles. The number of carbonyl (C=O) groups is 1. The van der Waals surface area contributed by atoms with Gasteiger partial charge in [-0.3, -0.25) is 4.79 Å². The summed E-state index contributed by atoms with van der Waals surface area (Å²) in [6.07, 6.45) is 19.8. The molecule has 2 unspecified atom stereocenters. The molecule has 0 aromatic rings. The van der Waals surface area contributed by atoms with Crippen LogP contribution in [0.25, 0.3) is 0 Å². The maximum atomic E-state index is 13.0. The van der Waals surface area contributed by atoms with Crippen LogP contribution in [0.1, 0.15) is 161 Å². The average Bonchev–Trinajstić information content (AvgIpc) is 3.08. The molecule has 1 saturated carbocycles. The molecule has 2 rings (SSSR count). The van der Waals surface area contributed by atoms with Crippen molar-refractivity contribution in [3.05, 3.63) is 58.7 Å². The van der Waals surface area contributed by atoms with Crippen LogP contribution in [0.3, 0.4) is 0 Å². The van der Waals surface area contributed by atoms with Crippen LogP contribution in [0.2, 0.25) is 0 Å². The highest BCUT2D eigenvalue weighted by atomic mass is 16.3. The fraction of sp³-hybridized carbons (Fsp3) is 0.711. The molecule has 0 bridgehead atoms. The molecule has 40 heavy (non-hydrogen) atoms. The fourth-order valence-corrected chi connectivity index (χ4v) is 5.41. The fourth-order valence-electron chi connectivity index (χ4n) is 5.41. The van der Waals surface area contributed by atoms with Gasteiger partial charge in [0.05, 0.1) is 0 Å². The second-order valence-corrected chi connectivity index (χ2v) is 10.6. The summed E-state index contributed by atoms with van der Waals surface area (Å²) in [7, 11) is 0. The monoisotopic (exact) mass is 559 g/mol. The largest absolute Gasteiger partial charge is 0.382 e. The van der Waals surface area contributed by atoms with Crippen LogP contribution in [0.5, 0.6) is 0 Å². The second-order valence-electron chi connectivity index (χ2n) is 10.6. The van der Waals surface area contributed by atoms with Gasteiger partial charge < -0.3 is 5.11 Å². The molecule has 1 N–H and O–H groups in total. The van der Waals surface area contributed by atoms with Crippen molar-refractivity contribution in [3.8, 4) is 0 Å². The molecular weight excluding hydrogens is 488 g/mol. The molecule has 2 atom stereocenters. The third-order valence-corrected chi connectivity index (χ3v) is 7.21. The van der Waals surface area contributed by atoms with E-state index in [2.05, 4.69) is 52.0 Å². The quantitative estimate of drug-likeness (QED) is 0.202. The van der Waals surface area contributed by atoms with E-state index in [-0.39, 0.29) is 11.2 Å². The summed E-state index contributed by atoms with van der Waals surface area (Å²) in [5.41, 5.74) is 4.68. The average molecular weight is 559 g/mol. The maximum Gasteiger partial charge on any atom is 0.193 e. The number of allylic oxidation sites excluding steroid dienone is 8. The van der Waals surface area contributed by atoms with Gasteiger partial charge in [-0.2, -0.15) is 0 Å². The number of unbranched alkanes of at least 4 members (excludes halogenated alkanes) is 3. The summed E-state index contributed by atoms with van der Waals surface area (Å²) < 4.78 is 0. The van der Waals surface area contributed by atoms with Gasteiger partial charge in [0.2, 0.25) is 0 Å². The zero-order valence-electron chi connectivity index (χ0n) is 29.5. The molecule has 1 fully saturated rings. The van der Waals surface area contributed by atoms with Gasteiger partial charge >= 0.3 is 0 Å². The van der Waals surface area contributed by atoms with Crippen molar-refractivity contribution in [2.45, 2.75) is 167 Å². The van der Waals surface area contributed by atoms with Crippen molar-refractivity contribution in [1.82, 2.24) is 0 Å². The lowest BCUT2D eigenvalue weighted by Gasteiger charge is -2.34. The van der Waals surface area contributed by atoms with E-state index >= 15 is 0 Å². The Morgan fingerprint density at radius 1 is 0.975 bits per heavy atom. The van der Waals surface area contributed by atoms with Crippen LogP contribution in [0.4, 0.5) is 0 Å².